The maximum Gasteiger partial charge on any atom is 0.514 e. The quantitative estimate of drug-likeness (QED) is 0.741. The van der Waals surface area contributed by atoms with Crippen molar-refractivity contribution in [3.05, 3.63) is 12.3 Å². The summed E-state index contributed by atoms with van der Waals surface area (Å²) in [5, 5.41) is 3.56. The van der Waals surface area contributed by atoms with Gasteiger partial charge in [0.05, 0.1) is 16.8 Å². The number of nitrogens with zero attached hydrogens (tertiary/aromatic N) is 2. The van der Waals surface area contributed by atoms with Crippen molar-refractivity contribution in [2.24, 2.45) is 0 Å². The van der Waals surface area contributed by atoms with Gasteiger partial charge in [0, 0.05) is 6.20 Å². The van der Waals surface area contributed by atoms with Gasteiger partial charge in [-0.25, -0.2) is 4.68 Å². The minimum Gasteiger partial charge on any atom is -0.398 e. The summed E-state index contributed by atoms with van der Waals surface area (Å²) in [4.78, 5) is 0. The van der Waals surface area contributed by atoms with Crippen LogP contribution in [0.5, 0.6) is 0 Å². The van der Waals surface area contributed by atoms with Gasteiger partial charge >= 0.3 is 13.7 Å². The molecule has 1 aliphatic heterocycles. The van der Waals surface area contributed by atoms with E-state index in [-0.39, 0.29) is 5.59 Å². The van der Waals surface area contributed by atoms with Crippen LogP contribution in [-0.4, -0.2) is 28.1 Å². The third kappa shape index (κ3) is 1.97. The minimum atomic E-state index is -2.70. The predicted molar refractivity (Wildman–Crippen MR) is 59.2 cm³/mol. The molecule has 4 nitrogen and oxygen atoms in total. The van der Waals surface area contributed by atoms with E-state index >= 15 is 0 Å². The van der Waals surface area contributed by atoms with E-state index in [1.54, 1.807) is 0 Å². The Labute approximate surface area is 99.0 Å². The zero-order valence-corrected chi connectivity index (χ0v) is 10.3. The van der Waals surface area contributed by atoms with Gasteiger partial charge in [0.1, 0.15) is 0 Å². The largest absolute Gasteiger partial charge is 0.514 e. The monoisotopic (exact) mass is 244 g/mol. The molecule has 0 saturated carbocycles. The molecule has 7 heteroatoms. The summed E-state index contributed by atoms with van der Waals surface area (Å²) in [5.74, 6) is 0. The van der Waals surface area contributed by atoms with Crippen molar-refractivity contribution < 1.29 is 18.1 Å². The van der Waals surface area contributed by atoms with Crippen molar-refractivity contribution in [3.63, 3.8) is 0 Å². The first-order chi connectivity index (χ1) is 7.74. The Hall–Kier alpha value is -0.945. The first-order valence-electron chi connectivity index (χ1n) is 5.42. The summed E-state index contributed by atoms with van der Waals surface area (Å²) in [6, 6.07) is 1.48. The van der Waals surface area contributed by atoms with E-state index in [9.17, 15) is 8.78 Å². The number of aromatic nitrogens is 2. The van der Waals surface area contributed by atoms with Crippen molar-refractivity contribution >= 4 is 12.7 Å². The summed E-state index contributed by atoms with van der Waals surface area (Å²) >= 11 is 0. The maximum absolute atomic E-state index is 12.7. The number of halogens is 2. The molecule has 1 aromatic rings. The number of hydrogen-bond donors (Lipinski definition) is 0. The molecule has 0 atom stereocenters. The van der Waals surface area contributed by atoms with Crippen molar-refractivity contribution in [1.82, 2.24) is 9.78 Å². The van der Waals surface area contributed by atoms with Crippen LogP contribution in [-0.2, 0) is 9.31 Å². The van der Waals surface area contributed by atoms with E-state index in [2.05, 4.69) is 5.10 Å². The molecule has 1 fully saturated rings. The summed E-state index contributed by atoms with van der Waals surface area (Å²) in [5.41, 5.74) is -0.859. The summed E-state index contributed by atoms with van der Waals surface area (Å²) in [6.07, 6.45) is 1.31. The normalized spacial score (nSPS) is 22.4. The van der Waals surface area contributed by atoms with Crippen molar-refractivity contribution in [1.29, 1.82) is 0 Å². The fraction of sp³-hybridized carbons (Fsp3) is 0.700. The molecular weight excluding hydrogens is 229 g/mol. The number of hydrogen-bond acceptors (Lipinski definition) is 3. The predicted octanol–water partition coefficient (Wildman–Crippen LogP) is 1.58. The van der Waals surface area contributed by atoms with Gasteiger partial charge < -0.3 is 9.31 Å². The fourth-order valence-electron chi connectivity index (χ4n) is 1.64. The average molecular weight is 244 g/mol. The second-order valence-corrected chi connectivity index (χ2v) is 5.07. The maximum atomic E-state index is 12.7. The average Bonchev–Trinajstić information content (AvgIpc) is 2.69. The van der Waals surface area contributed by atoms with E-state index in [1.807, 2.05) is 27.7 Å². The molecule has 2 heterocycles. The van der Waals surface area contributed by atoms with Gasteiger partial charge in [0.2, 0.25) is 0 Å². The molecule has 0 bridgehead atoms. The van der Waals surface area contributed by atoms with Crippen LogP contribution in [0.3, 0.4) is 0 Å². The van der Waals surface area contributed by atoms with Crippen LogP contribution < -0.4 is 5.59 Å². The molecule has 2 rings (SSSR count). The highest BCUT2D eigenvalue weighted by Crippen LogP contribution is 2.36. The van der Waals surface area contributed by atoms with Crippen molar-refractivity contribution in [3.8, 4) is 0 Å². The lowest BCUT2D eigenvalue weighted by Crippen LogP contribution is -2.41. The molecule has 0 radical (unpaired) electrons. The Balaban J connectivity index is 2.29. The molecule has 0 aromatic carbocycles. The van der Waals surface area contributed by atoms with Gasteiger partial charge in [-0.15, -0.1) is 0 Å². The van der Waals surface area contributed by atoms with Gasteiger partial charge in [-0.2, -0.15) is 13.9 Å². The Morgan fingerprint density at radius 3 is 2.24 bits per heavy atom. The third-order valence-corrected chi connectivity index (χ3v) is 3.38. The zero-order valence-electron chi connectivity index (χ0n) is 10.3. The SMILES string of the molecule is CC1(C)OB(c2ccnn2C(F)F)OC1(C)C. The van der Waals surface area contributed by atoms with Crippen LogP contribution in [0, 0.1) is 0 Å². The van der Waals surface area contributed by atoms with Gasteiger partial charge in [-0.3, -0.25) is 0 Å². The van der Waals surface area contributed by atoms with Crippen molar-refractivity contribution in [2.45, 2.75) is 45.4 Å². The van der Waals surface area contributed by atoms with E-state index in [0.29, 0.717) is 4.68 Å². The van der Waals surface area contributed by atoms with Crippen LogP contribution in [0.4, 0.5) is 8.78 Å². The molecule has 17 heavy (non-hydrogen) atoms. The second-order valence-electron chi connectivity index (χ2n) is 5.07. The van der Waals surface area contributed by atoms with E-state index in [1.165, 1.54) is 12.3 Å². The van der Waals surface area contributed by atoms with Gasteiger partial charge in [-0.1, -0.05) is 0 Å². The molecule has 1 aliphatic rings. The first-order valence-corrected chi connectivity index (χ1v) is 5.42. The molecule has 1 aromatic heterocycles. The summed E-state index contributed by atoms with van der Waals surface area (Å²) in [7, 11) is -0.809. The summed E-state index contributed by atoms with van der Waals surface area (Å²) < 4.78 is 37.4. The highest BCUT2D eigenvalue weighted by atomic mass is 19.3. The number of alkyl halides is 2. The first kappa shape index (κ1) is 12.5. The Kier molecular flexibility index (Phi) is 2.78. The Morgan fingerprint density at radius 1 is 1.24 bits per heavy atom. The van der Waals surface area contributed by atoms with Gasteiger partial charge in [0.15, 0.2) is 0 Å². The lowest BCUT2D eigenvalue weighted by Gasteiger charge is -2.32. The molecule has 0 spiro atoms. The molecule has 0 N–H and O–H groups in total. The van der Waals surface area contributed by atoms with Crippen LogP contribution in [0.2, 0.25) is 0 Å². The topological polar surface area (TPSA) is 36.3 Å². The zero-order chi connectivity index (χ0) is 12.8. The summed E-state index contributed by atoms with van der Waals surface area (Å²) in [6.45, 7) is 4.79. The van der Waals surface area contributed by atoms with Gasteiger partial charge in [0.25, 0.3) is 0 Å². The molecule has 0 unspecified atom stereocenters. The molecule has 0 aliphatic carbocycles. The van der Waals surface area contributed by atoms with Crippen LogP contribution >= 0.6 is 0 Å². The molecule has 0 amide bonds. The van der Waals surface area contributed by atoms with E-state index < -0.39 is 24.9 Å². The number of rotatable bonds is 2. The second kappa shape index (κ2) is 3.78. The lowest BCUT2D eigenvalue weighted by molar-refractivity contribution is 0.00578. The Morgan fingerprint density at radius 2 is 1.76 bits per heavy atom. The fourth-order valence-corrected chi connectivity index (χ4v) is 1.64. The standard InChI is InChI=1S/C10H15BF2N2O2/c1-9(2)10(3,4)17-11(16-9)7-5-6-14-15(7)8(12)13/h5-6,8H,1-4H3. The molecule has 1 saturated heterocycles. The van der Waals surface area contributed by atoms with Crippen LogP contribution in [0.15, 0.2) is 12.3 Å². The smallest absolute Gasteiger partial charge is 0.398 e. The van der Waals surface area contributed by atoms with E-state index in [0.717, 1.165) is 0 Å². The van der Waals surface area contributed by atoms with E-state index in [4.69, 9.17) is 9.31 Å². The van der Waals surface area contributed by atoms with Crippen LogP contribution in [0.1, 0.15) is 34.2 Å². The highest BCUT2D eigenvalue weighted by molar-refractivity contribution is 6.61. The van der Waals surface area contributed by atoms with Crippen molar-refractivity contribution in [2.75, 3.05) is 0 Å². The Bertz CT molecular complexity index is 404. The third-order valence-electron chi connectivity index (χ3n) is 3.38. The molecule has 94 valence electrons. The molecular formula is C10H15BF2N2O2. The minimum absolute atomic E-state index is 0.235. The van der Waals surface area contributed by atoms with Crippen LogP contribution in [0.25, 0.3) is 0 Å². The van der Waals surface area contributed by atoms with Gasteiger partial charge in [-0.05, 0) is 33.8 Å². The lowest BCUT2D eigenvalue weighted by atomic mass is 9.85. The highest BCUT2D eigenvalue weighted by Gasteiger charge is 2.53.